The summed E-state index contributed by atoms with van der Waals surface area (Å²) in [4.78, 5) is 24.2. The Hall–Kier alpha value is -2.80. The second-order valence-electron chi connectivity index (χ2n) is 5.78. The van der Waals surface area contributed by atoms with Crippen LogP contribution in [0.1, 0.15) is 24.1 Å². The summed E-state index contributed by atoms with van der Waals surface area (Å²) < 4.78 is 5.60. The number of hydrogen-bond donors (Lipinski definition) is 3. The topological polar surface area (TPSA) is 79.5 Å². The van der Waals surface area contributed by atoms with Crippen LogP contribution in [-0.2, 0) is 9.53 Å². The Kier molecular flexibility index (Phi) is 5.27. The van der Waals surface area contributed by atoms with E-state index in [9.17, 15) is 9.59 Å². The summed E-state index contributed by atoms with van der Waals surface area (Å²) in [7, 11) is 1.29. The molecule has 3 N–H and O–H groups in total. The van der Waals surface area contributed by atoms with Gasteiger partial charge in [0, 0.05) is 27.0 Å². The molecule has 0 radical (unpaired) electrons. The van der Waals surface area contributed by atoms with Crippen molar-refractivity contribution in [1.29, 1.82) is 0 Å². The second-order valence-corrected chi connectivity index (χ2v) is 6.70. The molecule has 1 aliphatic heterocycles. The predicted octanol–water partition coefficient (Wildman–Crippen LogP) is 3.78. The van der Waals surface area contributed by atoms with Gasteiger partial charge in [-0.2, -0.15) is 0 Å². The molecular weight excluding hydrogens is 398 g/mol. The largest absolute Gasteiger partial charge is 0.453 e. The van der Waals surface area contributed by atoms with Crippen molar-refractivity contribution < 1.29 is 14.3 Å². The van der Waals surface area contributed by atoms with Crippen LogP contribution in [0.2, 0.25) is 0 Å². The van der Waals surface area contributed by atoms with Gasteiger partial charge in [0.15, 0.2) is 0 Å². The van der Waals surface area contributed by atoms with Crippen LogP contribution >= 0.6 is 15.9 Å². The summed E-state index contributed by atoms with van der Waals surface area (Å²) in [5.41, 5.74) is 3.67. The van der Waals surface area contributed by atoms with Crippen molar-refractivity contribution in [3.8, 4) is 0 Å². The smallest absolute Gasteiger partial charge is 0.411 e. The molecule has 1 atom stereocenters. The monoisotopic (exact) mass is 415 g/mol. The lowest BCUT2D eigenvalue weighted by Gasteiger charge is -2.30. The first-order valence-electron chi connectivity index (χ1n) is 7.97. The van der Waals surface area contributed by atoms with Crippen molar-refractivity contribution in [1.82, 2.24) is 10.6 Å². The third-order valence-corrected chi connectivity index (χ3v) is 4.54. The van der Waals surface area contributed by atoms with Crippen molar-refractivity contribution in [2.75, 3.05) is 12.4 Å². The van der Waals surface area contributed by atoms with Crippen molar-refractivity contribution in [2.45, 2.75) is 13.0 Å². The Balaban J connectivity index is 1.97. The lowest BCUT2D eigenvalue weighted by atomic mass is 9.99. The van der Waals surface area contributed by atoms with Gasteiger partial charge in [-0.05, 0) is 25.1 Å². The van der Waals surface area contributed by atoms with Gasteiger partial charge in [-0.15, -0.1) is 0 Å². The zero-order valence-electron chi connectivity index (χ0n) is 14.3. The summed E-state index contributed by atoms with van der Waals surface area (Å²) in [6, 6.07) is 14.3. The number of para-hydroxylation sites is 1. The van der Waals surface area contributed by atoms with E-state index in [-0.39, 0.29) is 5.91 Å². The molecule has 2 aromatic rings. The van der Waals surface area contributed by atoms with Crippen LogP contribution in [0.5, 0.6) is 0 Å². The number of nitrogens with one attached hydrogen (secondary N) is 3. The van der Waals surface area contributed by atoms with E-state index in [1.165, 1.54) is 7.11 Å². The molecule has 1 heterocycles. The first-order chi connectivity index (χ1) is 12.5. The van der Waals surface area contributed by atoms with Gasteiger partial charge in [0.1, 0.15) is 6.04 Å². The van der Waals surface area contributed by atoms with Crippen molar-refractivity contribution in [3.05, 3.63) is 69.8 Å². The number of ether oxygens (including phenoxy) is 1. The lowest BCUT2D eigenvalue weighted by Crippen LogP contribution is -2.42. The Morgan fingerprint density at radius 3 is 2.69 bits per heavy atom. The fourth-order valence-corrected chi connectivity index (χ4v) is 3.22. The summed E-state index contributed by atoms with van der Waals surface area (Å²) >= 11 is 3.47. The molecule has 2 amide bonds. The summed E-state index contributed by atoms with van der Waals surface area (Å²) in [5, 5.41) is 8.86. The van der Waals surface area contributed by atoms with E-state index in [1.54, 1.807) is 18.2 Å². The third kappa shape index (κ3) is 3.72. The number of rotatable bonds is 3. The van der Waals surface area contributed by atoms with Gasteiger partial charge in [0.05, 0.1) is 12.8 Å². The van der Waals surface area contributed by atoms with E-state index >= 15 is 0 Å². The van der Waals surface area contributed by atoms with Gasteiger partial charge in [-0.25, -0.2) is 4.79 Å². The molecule has 0 bridgehead atoms. The van der Waals surface area contributed by atoms with Crippen molar-refractivity contribution in [3.63, 3.8) is 0 Å². The number of carbonyl (C=O) groups excluding carboxylic acids is 2. The minimum absolute atomic E-state index is 0.194. The van der Waals surface area contributed by atoms with Crippen LogP contribution < -0.4 is 16.0 Å². The van der Waals surface area contributed by atoms with Crippen LogP contribution in [0, 0.1) is 0 Å². The third-order valence-electron chi connectivity index (χ3n) is 4.04. The molecule has 6 nitrogen and oxygen atoms in total. The number of methoxy groups -OCH3 is 1. The van der Waals surface area contributed by atoms with Crippen LogP contribution in [-0.4, -0.2) is 19.1 Å². The van der Waals surface area contributed by atoms with E-state index in [4.69, 9.17) is 0 Å². The van der Waals surface area contributed by atoms with Gasteiger partial charge in [-0.1, -0.05) is 46.3 Å². The highest BCUT2D eigenvalue weighted by Gasteiger charge is 2.29. The number of carbonyl (C=O) groups is 2. The zero-order chi connectivity index (χ0) is 18.7. The SMILES string of the molecule is COC(=O)Nc1ccccc1C1NC(c2cccc(Br)c2)=C(C)NC1=O. The number of hydrogen-bond acceptors (Lipinski definition) is 4. The number of amides is 2. The number of anilines is 1. The Morgan fingerprint density at radius 1 is 1.19 bits per heavy atom. The van der Waals surface area contributed by atoms with Gasteiger partial charge >= 0.3 is 6.09 Å². The van der Waals surface area contributed by atoms with Crippen LogP contribution in [0.25, 0.3) is 5.70 Å². The fraction of sp³-hybridized carbons (Fsp3) is 0.158. The molecule has 0 aliphatic carbocycles. The molecular formula is C19H18BrN3O3. The molecule has 134 valence electrons. The zero-order valence-corrected chi connectivity index (χ0v) is 15.9. The van der Waals surface area contributed by atoms with Gasteiger partial charge in [0.2, 0.25) is 0 Å². The molecule has 1 unspecified atom stereocenters. The highest BCUT2D eigenvalue weighted by Crippen LogP contribution is 2.30. The average Bonchev–Trinajstić information content (AvgIpc) is 2.62. The molecule has 0 saturated carbocycles. The normalized spacial score (nSPS) is 16.6. The molecule has 0 spiro atoms. The maximum Gasteiger partial charge on any atom is 0.411 e. The van der Waals surface area contributed by atoms with Crippen LogP contribution in [0.3, 0.4) is 0 Å². The Bertz CT molecular complexity index is 895. The Morgan fingerprint density at radius 2 is 1.96 bits per heavy atom. The molecule has 0 aromatic heterocycles. The second kappa shape index (κ2) is 7.61. The molecule has 0 fully saturated rings. The Labute approximate surface area is 159 Å². The van der Waals surface area contributed by atoms with E-state index in [1.807, 2.05) is 37.3 Å². The molecule has 1 aliphatic rings. The number of allylic oxidation sites excluding steroid dienone is 1. The summed E-state index contributed by atoms with van der Waals surface area (Å²) in [6.07, 6.45) is -0.590. The van der Waals surface area contributed by atoms with Gasteiger partial charge in [-0.3, -0.25) is 10.1 Å². The van der Waals surface area contributed by atoms with Crippen LogP contribution in [0.4, 0.5) is 10.5 Å². The first kappa shape index (κ1) is 18.0. The molecule has 0 saturated heterocycles. The van der Waals surface area contributed by atoms with Crippen molar-refractivity contribution in [2.24, 2.45) is 0 Å². The minimum Gasteiger partial charge on any atom is -0.453 e. The first-order valence-corrected chi connectivity index (χ1v) is 8.77. The van der Waals surface area contributed by atoms with E-state index in [2.05, 4.69) is 36.6 Å². The standard InChI is InChI=1S/C19H18BrN3O3/c1-11-16(12-6-5-7-13(20)10-12)23-17(18(24)21-11)14-8-3-4-9-15(14)22-19(25)26-2/h3-10,17,23H,1-2H3,(H,21,24)(H,22,25). The minimum atomic E-state index is -0.652. The lowest BCUT2D eigenvalue weighted by molar-refractivity contribution is -0.122. The van der Waals surface area contributed by atoms with E-state index < -0.39 is 12.1 Å². The highest BCUT2D eigenvalue weighted by atomic mass is 79.9. The van der Waals surface area contributed by atoms with E-state index in [0.717, 1.165) is 21.4 Å². The van der Waals surface area contributed by atoms with Crippen LogP contribution in [0.15, 0.2) is 58.7 Å². The quantitative estimate of drug-likeness (QED) is 0.712. The fourth-order valence-electron chi connectivity index (χ4n) is 2.82. The van der Waals surface area contributed by atoms with Gasteiger partial charge in [0.25, 0.3) is 5.91 Å². The molecule has 3 rings (SSSR count). The van der Waals surface area contributed by atoms with Crippen molar-refractivity contribution >= 4 is 39.3 Å². The molecule has 7 heteroatoms. The molecule has 26 heavy (non-hydrogen) atoms. The van der Waals surface area contributed by atoms with E-state index in [0.29, 0.717) is 11.3 Å². The maximum atomic E-state index is 12.6. The number of benzene rings is 2. The predicted molar refractivity (Wildman–Crippen MR) is 103 cm³/mol. The maximum absolute atomic E-state index is 12.6. The van der Waals surface area contributed by atoms with Gasteiger partial charge < -0.3 is 15.4 Å². The molecule has 2 aromatic carbocycles. The number of halogens is 1. The summed E-state index contributed by atoms with van der Waals surface area (Å²) in [5.74, 6) is -0.194. The highest BCUT2D eigenvalue weighted by molar-refractivity contribution is 9.10. The summed E-state index contributed by atoms with van der Waals surface area (Å²) in [6.45, 7) is 1.84. The average molecular weight is 416 g/mol.